The number of nitrogens with one attached hydrogen (secondary N) is 3. The van der Waals surface area contributed by atoms with Crippen LogP contribution in [0.5, 0.6) is 0 Å². The number of fused-ring (bicyclic) bond motifs is 3. The quantitative estimate of drug-likeness (QED) is 0.0197. The molecule has 138 heavy (non-hydrogen) atoms. The van der Waals surface area contributed by atoms with Gasteiger partial charge in [0.15, 0.2) is 34.4 Å². The Morgan fingerprint density at radius 2 is 0.623 bits per heavy atom. The van der Waals surface area contributed by atoms with Crippen molar-refractivity contribution >= 4 is 104 Å². The lowest BCUT2D eigenvalue weighted by Crippen LogP contribution is -2.35. The summed E-state index contributed by atoms with van der Waals surface area (Å²) >= 11 is 0. The van der Waals surface area contributed by atoms with Gasteiger partial charge in [-0.25, -0.2) is 87.3 Å². The van der Waals surface area contributed by atoms with Crippen molar-refractivity contribution < 1.29 is 72.5 Å². The molecule has 6 N–H and O–H groups in total. The Hall–Kier alpha value is -16.4. The molecule has 15 rings (SSSR count). The number of carbonyl (C=O) groups is 6. The Morgan fingerprint density at radius 3 is 0.906 bits per heavy atom. The van der Waals surface area contributed by atoms with Gasteiger partial charge in [0.1, 0.15) is 60.3 Å². The number of imidazole rings is 3. The van der Waals surface area contributed by atoms with E-state index in [4.69, 9.17) is 28.4 Å². The van der Waals surface area contributed by atoms with E-state index in [1.54, 1.807) is 199 Å². The standard InChI is InChI=1S/C96H98N24O18/c1-4-112(88(121)66-25-34-97-35-26-66)79-55-100-60-106-82(79)109-73(91(124)125)52-63-13-19-69(20-14-63)118-85-76(10-7-31-103-85)115(94(118)130)40-43-133-46-48-136-58-72(138-51-50-135-45-42-117-78-12-9-33-105-87(78)120(96(117)132)71-23-17-65(18-24-71)54-75(93(128)129)111-84-81(57-102-62-108-84)114(6-3)90(123)68-29-38-99-39-30-68)59-137-49-47-134-44-41-116-77-11-8-32-104-86(77)119(95(116)131)70-21-15-64(16-22-70)53-74(92(126)127)110-83-80(56-101-61-107-83)113(5-2)89(122)67-27-36-98-37-28-67/h7-39,55-57,60-62,72-75H,4-6,40-54,58-59H2,1-3H3,(H,124,125)(H,126,127)(H,128,129)(H,100,106,109)(H,101,107,110)(H,102,108,111)/t73-,74-,75-/m0/s1. The molecule has 12 heterocycles. The number of hydrogen-bond donors (Lipinski definition) is 6. The van der Waals surface area contributed by atoms with Crippen molar-refractivity contribution in [3.63, 3.8) is 0 Å². The first kappa shape index (κ1) is 96.2. The molecule has 0 aliphatic rings. The summed E-state index contributed by atoms with van der Waals surface area (Å²) < 4.78 is 45.9. The molecule has 0 spiro atoms. The predicted molar refractivity (Wildman–Crippen MR) is 507 cm³/mol. The summed E-state index contributed by atoms with van der Waals surface area (Å²) in [4.78, 5) is 178. The van der Waals surface area contributed by atoms with E-state index in [9.17, 15) is 58.5 Å². The lowest BCUT2D eigenvalue weighted by Gasteiger charge is -2.24. The molecule has 3 aromatic carbocycles. The molecular weight excluding hydrogens is 1780 g/mol. The van der Waals surface area contributed by atoms with Crippen LogP contribution < -0.4 is 47.7 Å². The molecule has 0 saturated heterocycles. The highest BCUT2D eigenvalue weighted by Crippen LogP contribution is 2.31. The maximum atomic E-state index is 14.4. The summed E-state index contributed by atoms with van der Waals surface area (Å²) in [5, 5.41) is 40.4. The average Bonchev–Trinajstić information content (AvgIpc) is 1.62. The average molecular weight is 1880 g/mol. The normalized spacial score (nSPS) is 12.1. The van der Waals surface area contributed by atoms with Gasteiger partial charge in [0.25, 0.3) is 17.7 Å². The summed E-state index contributed by atoms with van der Waals surface area (Å²) in [6.45, 7) is 7.53. The van der Waals surface area contributed by atoms with E-state index < -0.39 is 59.2 Å². The van der Waals surface area contributed by atoms with Gasteiger partial charge in [-0.05, 0) is 147 Å². The zero-order valence-corrected chi connectivity index (χ0v) is 75.3. The third-order valence-electron chi connectivity index (χ3n) is 22.5. The molecule has 3 amide bonds. The third kappa shape index (κ3) is 23.0. The van der Waals surface area contributed by atoms with E-state index in [0.717, 1.165) is 0 Å². The second-order valence-corrected chi connectivity index (χ2v) is 31.2. The number of aliphatic carboxylic acids is 3. The van der Waals surface area contributed by atoms with Crippen LogP contribution in [0.3, 0.4) is 0 Å². The minimum Gasteiger partial charge on any atom is -0.480 e. The lowest BCUT2D eigenvalue weighted by atomic mass is 10.1. The predicted octanol–water partition coefficient (Wildman–Crippen LogP) is 7.94. The summed E-state index contributed by atoms with van der Waals surface area (Å²) in [7, 11) is 0. The number of ether oxygens (including phenoxy) is 6. The van der Waals surface area contributed by atoms with Crippen molar-refractivity contribution in [1.29, 1.82) is 0 Å². The molecule has 0 unspecified atom stereocenters. The molecule has 0 saturated carbocycles. The van der Waals surface area contributed by atoms with Gasteiger partial charge < -0.3 is 74.4 Å². The summed E-state index contributed by atoms with van der Waals surface area (Å²) in [6.07, 6.45) is 21.2. The van der Waals surface area contributed by atoms with Crippen LogP contribution in [0, 0.1) is 0 Å². The summed E-state index contributed by atoms with van der Waals surface area (Å²) in [6, 6.07) is 37.0. The van der Waals surface area contributed by atoms with Crippen LogP contribution in [-0.4, -0.2) is 255 Å². The van der Waals surface area contributed by atoms with Gasteiger partial charge in [-0.15, -0.1) is 0 Å². The van der Waals surface area contributed by atoms with Gasteiger partial charge in [-0.2, -0.15) is 0 Å². The molecule has 0 fully saturated rings. The van der Waals surface area contributed by atoms with Gasteiger partial charge in [0.2, 0.25) is 0 Å². The van der Waals surface area contributed by atoms with E-state index in [2.05, 4.69) is 75.8 Å². The zero-order chi connectivity index (χ0) is 96.4. The first-order valence-electron chi connectivity index (χ1n) is 44.4. The van der Waals surface area contributed by atoms with Crippen molar-refractivity contribution in [2.75, 3.05) is 123 Å². The van der Waals surface area contributed by atoms with Gasteiger partial charge in [-0.3, -0.25) is 43.0 Å². The highest BCUT2D eigenvalue weighted by molar-refractivity contribution is 6.09. The van der Waals surface area contributed by atoms with Crippen molar-refractivity contribution in [2.24, 2.45) is 0 Å². The second-order valence-electron chi connectivity index (χ2n) is 31.2. The SMILES string of the molecule is CCN(C(=O)c1ccncc1)c1cncnc1N[C@@H](Cc1ccc(-n2c(=O)n(CCOCCOCC(COCCOCCn3c(=O)n(-c4ccc(C[C@H](Nc5ncncc5N(CC)C(=O)c5ccncc5)C(=O)O)cc4)c4ncccc43)OCCOCCn3c(=O)n(-c4ccc(C[C@H](Nc5ncncc5N(CC)C(=O)c5ccncc5)C(=O)O)cc4)c4ncccc43)c3cccnc32)cc1)C(=O)O. The van der Waals surface area contributed by atoms with Crippen molar-refractivity contribution in [1.82, 2.24) is 87.2 Å². The zero-order valence-electron chi connectivity index (χ0n) is 75.3. The van der Waals surface area contributed by atoms with Gasteiger partial charge >= 0.3 is 35.0 Å². The molecule has 15 aromatic rings. The second kappa shape index (κ2) is 46.5. The number of pyridine rings is 6. The number of carboxylic acids is 3. The third-order valence-corrected chi connectivity index (χ3v) is 22.5. The van der Waals surface area contributed by atoms with Crippen molar-refractivity contribution in [3.05, 3.63) is 304 Å². The number of rotatable bonds is 50. The number of carboxylic acid groups (broad SMARTS) is 3. The summed E-state index contributed by atoms with van der Waals surface area (Å²) in [5.74, 6) is -4.13. The van der Waals surface area contributed by atoms with Crippen LogP contribution in [0.4, 0.5) is 34.5 Å². The Kier molecular flexibility index (Phi) is 32.4. The number of benzene rings is 3. The van der Waals surface area contributed by atoms with Gasteiger partial charge in [0, 0.05) is 111 Å². The van der Waals surface area contributed by atoms with Crippen LogP contribution in [0.2, 0.25) is 0 Å². The molecule has 42 heteroatoms. The van der Waals surface area contributed by atoms with Crippen LogP contribution in [0.1, 0.15) is 68.5 Å². The largest absolute Gasteiger partial charge is 0.480 e. The van der Waals surface area contributed by atoms with Gasteiger partial charge in [-0.1, -0.05) is 36.4 Å². The number of hydrogen-bond acceptors (Lipinski definition) is 30. The Balaban J connectivity index is 0.561. The summed E-state index contributed by atoms with van der Waals surface area (Å²) in [5.41, 5.74) is 6.89. The molecule has 0 bridgehead atoms. The minimum atomic E-state index is -1.20. The molecule has 42 nitrogen and oxygen atoms in total. The molecule has 0 aliphatic heterocycles. The van der Waals surface area contributed by atoms with E-state index in [1.807, 2.05) is 0 Å². The van der Waals surface area contributed by atoms with Crippen LogP contribution in [-0.2, 0) is 81.7 Å². The fourth-order valence-corrected chi connectivity index (χ4v) is 15.7. The number of anilines is 6. The molecule has 12 aromatic heterocycles. The van der Waals surface area contributed by atoms with Crippen LogP contribution in [0.15, 0.2) is 253 Å². The van der Waals surface area contributed by atoms with Crippen LogP contribution >= 0.6 is 0 Å². The lowest BCUT2D eigenvalue weighted by molar-refractivity contribution is -0.138. The van der Waals surface area contributed by atoms with Gasteiger partial charge in [0.05, 0.1) is 145 Å². The van der Waals surface area contributed by atoms with E-state index in [1.165, 1.54) is 103 Å². The smallest absolute Gasteiger partial charge is 0.335 e. The molecular formula is C96H98N24O18. The van der Waals surface area contributed by atoms with E-state index in [-0.39, 0.29) is 183 Å². The monoisotopic (exact) mass is 1870 g/mol. The van der Waals surface area contributed by atoms with E-state index >= 15 is 0 Å². The van der Waals surface area contributed by atoms with Crippen LogP contribution in [0.25, 0.3) is 50.6 Å². The molecule has 3 atom stereocenters. The maximum absolute atomic E-state index is 14.4. The Labute approximate surface area is 787 Å². The fourth-order valence-electron chi connectivity index (χ4n) is 15.7. The fraction of sp³-hybridized carbons (Fsp3) is 0.281. The number of amides is 3. The van der Waals surface area contributed by atoms with Crippen molar-refractivity contribution in [2.45, 2.75) is 83.9 Å². The molecule has 710 valence electrons. The number of carbonyl (C=O) groups excluding carboxylic acids is 3. The highest BCUT2D eigenvalue weighted by atomic mass is 16.6. The highest BCUT2D eigenvalue weighted by Gasteiger charge is 2.31. The minimum absolute atomic E-state index is 0.00269. The van der Waals surface area contributed by atoms with Crippen molar-refractivity contribution in [3.8, 4) is 17.1 Å². The Morgan fingerprint density at radius 1 is 0.341 bits per heavy atom. The topological polar surface area (TPSA) is 500 Å². The first-order chi connectivity index (χ1) is 67.4. The number of nitrogens with zero attached hydrogens (tertiary/aromatic N) is 21. The van der Waals surface area contributed by atoms with E-state index in [0.29, 0.717) is 83.9 Å². The molecule has 0 aliphatic carbocycles. The number of aromatic nitrogens is 18. The Bertz CT molecular complexity index is 6640. The first-order valence-corrected chi connectivity index (χ1v) is 44.4. The molecule has 0 radical (unpaired) electrons. The maximum Gasteiger partial charge on any atom is 0.335 e.